The first-order valence-electron chi connectivity index (χ1n) is 9.30. The molecule has 0 aliphatic carbocycles. The van der Waals surface area contributed by atoms with Gasteiger partial charge in [-0.1, -0.05) is 12.1 Å². The molecule has 138 valence electrons. The molecule has 1 aliphatic rings. The van der Waals surface area contributed by atoms with Crippen LogP contribution in [0.2, 0.25) is 0 Å². The molecule has 1 aliphatic heterocycles. The summed E-state index contributed by atoms with van der Waals surface area (Å²) in [6, 6.07) is 12.2. The van der Waals surface area contributed by atoms with Crippen LogP contribution in [0.4, 0.5) is 5.82 Å². The van der Waals surface area contributed by atoms with E-state index in [1.165, 1.54) is 0 Å². The Bertz CT molecular complexity index is 712. The summed E-state index contributed by atoms with van der Waals surface area (Å²) in [4.78, 5) is 17.7. The van der Waals surface area contributed by atoms with Crippen LogP contribution in [0, 0.1) is 5.92 Å². The maximum absolute atomic E-state index is 10.9. The van der Waals surface area contributed by atoms with E-state index in [9.17, 15) is 4.79 Å². The number of carbonyl (C=O) groups is 1. The molecule has 1 aromatic heterocycles. The monoisotopic (exact) mass is 354 g/mol. The zero-order chi connectivity index (χ0) is 18.2. The van der Waals surface area contributed by atoms with Crippen LogP contribution >= 0.6 is 0 Å². The van der Waals surface area contributed by atoms with Gasteiger partial charge in [0, 0.05) is 31.8 Å². The molecule has 0 bridgehead atoms. The predicted molar refractivity (Wildman–Crippen MR) is 102 cm³/mol. The van der Waals surface area contributed by atoms with Gasteiger partial charge in [-0.2, -0.15) is 0 Å². The number of unbranched alkanes of at least 4 members (excludes halogenated alkanes) is 1. The highest BCUT2D eigenvalue weighted by Gasteiger charge is 2.19. The number of piperidine rings is 1. The highest BCUT2D eigenvalue weighted by molar-refractivity contribution is 5.68. The number of carbonyl (C=O) groups excluding carboxylic acids is 1. The van der Waals surface area contributed by atoms with E-state index >= 15 is 0 Å². The van der Waals surface area contributed by atoms with Gasteiger partial charge in [0.15, 0.2) is 0 Å². The predicted octanol–water partition coefficient (Wildman–Crippen LogP) is 3.32. The van der Waals surface area contributed by atoms with Gasteiger partial charge in [0.2, 0.25) is 0 Å². The molecule has 0 unspecified atom stereocenters. The lowest BCUT2D eigenvalue weighted by Crippen LogP contribution is -2.34. The first-order chi connectivity index (χ1) is 12.8. The molecular weight excluding hydrogens is 328 g/mol. The van der Waals surface area contributed by atoms with E-state index in [4.69, 9.17) is 9.84 Å². The van der Waals surface area contributed by atoms with Crippen molar-refractivity contribution in [3.63, 3.8) is 0 Å². The van der Waals surface area contributed by atoms with Crippen LogP contribution in [0.15, 0.2) is 42.6 Å². The number of anilines is 1. The minimum atomic E-state index is 0.189. The molecule has 1 fully saturated rings. The number of pyridine rings is 1. The Hall–Kier alpha value is -2.40. The Kier molecular flexibility index (Phi) is 6.61. The second-order valence-corrected chi connectivity index (χ2v) is 6.67. The van der Waals surface area contributed by atoms with E-state index in [2.05, 4.69) is 22.0 Å². The molecule has 0 radical (unpaired) electrons. The van der Waals surface area contributed by atoms with Crippen molar-refractivity contribution in [3.05, 3.63) is 42.6 Å². The molecule has 2 aromatic rings. The molecule has 5 heteroatoms. The summed E-state index contributed by atoms with van der Waals surface area (Å²) in [7, 11) is 0. The number of aliphatic hydroxyl groups excluding tert-OH is 1. The minimum Gasteiger partial charge on any atom is -0.494 e. The largest absolute Gasteiger partial charge is 0.494 e. The van der Waals surface area contributed by atoms with Crippen molar-refractivity contribution in [2.45, 2.75) is 25.7 Å². The SMILES string of the molecule is O=CC1CCN(c2cc(-c3cccc(OCCCCO)c3)ccn2)CC1. The fourth-order valence-corrected chi connectivity index (χ4v) is 3.20. The van der Waals surface area contributed by atoms with Gasteiger partial charge in [0.25, 0.3) is 0 Å². The van der Waals surface area contributed by atoms with Crippen LogP contribution in [0.5, 0.6) is 5.75 Å². The van der Waals surface area contributed by atoms with Crippen molar-refractivity contribution in [2.24, 2.45) is 5.92 Å². The third kappa shape index (κ3) is 4.82. The standard InChI is InChI=1S/C21H26N2O3/c24-12-1-2-13-26-20-5-3-4-18(14-20)19-6-9-22-21(15-19)23-10-7-17(16-25)8-11-23/h3-6,9,14-17,24H,1-2,7-8,10-13H2. The summed E-state index contributed by atoms with van der Waals surface area (Å²) in [5, 5.41) is 8.84. The fourth-order valence-electron chi connectivity index (χ4n) is 3.20. The van der Waals surface area contributed by atoms with Gasteiger partial charge in [0.05, 0.1) is 6.61 Å². The van der Waals surface area contributed by atoms with E-state index in [-0.39, 0.29) is 12.5 Å². The number of rotatable bonds is 8. The first-order valence-corrected chi connectivity index (χ1v) is 9.30. The van der Waals surface area contributed by atoms with Gasteiger partial charge in [-0.15, -0.1) is 0 Å². The summed E-state index contributed by atoms with van der Waals surface area (Å²) >= 11 is 0. The number of aromatic nitrogens is 1. The van der Waals surface area contributed by atoms with Crippen LogP contribution in [0.1, 0.15) is 25.7 Å². The average molecular weight is 354 g/mol. The maximum Gasteiger partial charge on any atom is 0.129 e. The van der Waals surface area contributed by atoms with Crippen molar-refractivity contribution in [1.29, 1.82) is 0 Å². The number of benzene rings is 1. The zero-order valence-corrected chi connectivity index (χ0v) is 15.0. The first kappa shape index (κ1) is 18.4. The molecule has 2 heterocycles. The van der Waals surface area contributed by atoms with Crippen LogP contribution < -0.4 is 9.64 Å². The number of nitrogens with zero attached hydrogens (tertiary/aromatic N) is 2. The fraction of sp³-hybridized carbons (Fsp3) is 0.429. The van der Waals surface area contributed by atoms with E-state index in [1.807, 2.05) is 30.5 Å². The molecule has 1 saturated heterocycles. The number of aliphatic hydroxyl groups is 1. The van der Waals surface area contributed by atoms with Gasteiger partial charge in [-0.05, 0) is 61.1 Å². The molecule has 0 amide bonds. The summed E-state index contributed by atoms with van der Waals surface area (Å²) in [6.45, 7) is 2.55. The molecule has 1 N–H and O–H groups in total. The zero-order valence-electron chi connectivity index (χ0n) is 15.0. The van der Waals surface area contributed by atoms with Crippen molar-refractivity contribution >= 4 is 12.1 Å². The molecule has 0 saturated carbocycles. The van der Waals surface area contributed by atoms with Crippen LogP contribution in [-0.4, -0.2) is 42.7 Å². The van der Waals surface area contributed by atoms with Crippen LogP contribution in [0.3, 0.4) is 0 Å². The van der Waals surface area contributed by atoms with Gasteiger partial charge in [0.1, 0.15) is 17.9 Å². The molecule has 0 atom stereocenters. The Labute approximate surface area is 154 Å². The summed E-state index contributed by atoms with van der Waals surface area (Å²) < 4.78 is 5.77. The summed E-state index contributed by atoms with van der Waals surface area (Å²) in [5.74, 6) is 1.99. The van der Waals surface area contributed by atoms with E-state index in [1.54, 1.807) is 0 Å². The average Bonchev–Trinajstić information content (AvgIpc) is 2.72. The maximum atomic E-state index is 10.9. The second kappa shape index (κ2) is 9.34. The molecule has 26 heavy (non-hydrogen) atoms. The summed E-state index contributed by atoms with van der Waals surface area (Å²) in [6.07, 6.45) is 6.31. The number of hydrogen-bond acceptors (Lipinski definition) is 5. The lowest BCUT2D eigenvalue weighted by Gasteiger charge is -2.30. The molecule has 3 rings (SSSR count). The van der Waals surface area contributed by atoms with Crippen molar-refractivity contribution in [3.8, 4) is 16.9 Å². The van der Waals surface area contributed by atoms with Gasteiger partial charge < -0.3 is 19.5 Å². The Morgan fingerprint density at radius 3 is 2.73 bits per heavy atom. The Morgan fingerprint density at radius 2 is 1.96 bits per heavy atom. The molecule has 5 nitrogen and oxygen atoms in total. The van der Waals surface area contributed by atoms with E-state index in [0.717, 1.165) is 67.8 Å². The summed E-state index contributed by atoms with van der Waals surface area (Å²) in [5.41, 5.74) is 2.20. The quantitative estimate of drug-likeness (QED) is 0.582. The normalized spacial score (nSPS) is 15.0. The topological polar surface area (TPSA) is 62.7 Å². The highest BCUT2D eigenvalue weighted by Crippen LogP contribution is 2.28. The Morgan fingerprint density at radius 1 is 1.15 bits per heavy atom. The van der Waals surface area contributed by atoms with Crippen LogP contribution in [-0.2, 0) is 4.79 Å². The lowest BCUT2D eigenvalue weighted by atomic mass is 9.98. The van der Waals surface area contributed by atoms with Gasteiger partial charge in [-0.25, -0.2) is 4.98 Å². The van der Waals surface area contributed by atoms with Crippen molar-refractivity contribution in [2.75, 3.05) is 31.2 Å². The second-order valence-electron chi connectivity index (χ2n) is 6.67. The van der Waals surface area contributed by atoms with Crippen molar-refractivity contribution < 1.29 is 14.6 Å². The molecular formula is C21H26N2O3. The van der Waals surface area contributed by atoms with Gasteiger partial charge in [-0.3, -0.25) is 0 Å². The van der Waals surface area contributed by atoms with Crippen molar-refractivity contribution in [1.82, 2.24) is 4.98 Å². The third-order valence-corrected chi connectivity index (χ3v) is 4.79. The molecule has 0 spiro atoms. The number of hydrogen-bond donors (Lipinski definition) is 1. The lowest BCUT2D eigenvalue weighted by molar-refractivity contribution is -0.111. The Balaban J connectivity index is 1.69. The third-order valence-electron chi connectivity index (χ3n) is 4.79. The highest BCUT2D eigenvalue weighted by atomic mass is 16.5. The minimum absolute atomic E-state index is 0.189. The molecule has 1 aromatic carbocycles. The smallest absolute Gasteiger partial charge is 0.129 e. The van der Waals surface area contributed by atoms with E-state index < -0.39 is 0 Å². The van der Waals surface area contributed by atoms with E-state index in [0.29, 0.717) is 6.61 Å². The van der Waals surface area contributed by atoms with Crippen LogP contribution in [0.25, 0.3) is 11.1 Å². The van der Waals surface area contributed by atoms with Gasteiger partial charge >= 0.3 is 0 Å². The number of ether oxygens (including phenoxy) is 1. The number of aldehydes is 1.